The fourth-order valence-corrected chi connectivity index (χ4v) is 2.77. The molecule has 0 radical (unpaired) electrons. The van der Waals surface area contributed by atoms with Crippen molar-refractivity contribution in [2.75, 3.05) is 5.32 Å². The first kappa shape index (κ1) is 21.3. The maximum Gasteiger partial charge on any atom is 0.435 e. The lowest BCUT2D eigenvalue weighted by atomic mass is 10.1. The SMILES string of the molecule is C=NN(/C=C(\C)c1ccc(Nc2nc(Cl)nc3ccoc23)cc1)C(=O)OC(C)(C)C. The molecule has 9 heteroatoms. The summed E-state index contributed by atoms with van der Waals surface area (Å²) in [6, 6.07) is 9.25. The lowest BCUT2D eigenvalue weighted by Gasteiger charge is -2.22. The van der Waals surface area contributed by atoms with E-state index in [-0.39, 0.29) is 5.28 Å². The summed E-state index contributed by atoms with van der Waals surface area (Å²) in [7, 11) is 0. The zero-order valence-corrected chi connectivity index (χ0v) is 17.9. The van der Waals surface area contributed by atoms with Gasteiger partial charge in [-0.25, -0.2) is 9.78 Å². The second-order valence-electron chi connectivity index (χ2n) is 7.46. The number of carbonyl (C=O) groups excluding carboxylic acids is 1. The van der Waals surface area contributed by atoms with E-state index in [0.29, 0.717) is 16.9 Å². The Morgan fingerprint density at radius 1 is 1.27 bits per heavy atom. The number of halogens is 1. The molecule has 3 aromatic rings. The van der Waals surface area contributed by atoms with Gasteiger partial charge in [-0.15, -0.1) is 0 Å². The van der Waals surface area contributed by atoms with Crippen molar-refractivity contribution in [3.63, 3.8) is 0 Å². The van der Waals surface area contributed by atoms with E-state index < -0.39 is 11.7 Å². The number of fused-ring (bicyclic) bond motifs is 1. The summed E-state index contributed by atoms with van der Waals surface area (Å²) in [6.07, 6.45) is 2.50. The van der Waals surface area contributed by atoms with E-state index in [1.54, 1.807) is 33.0 Å². The Morgan fingerprint density at radius 2 is 1.97 bits per heavy atom. The van der Waals surface area contributed by atoms with Gasteiger partial charge in [0, 0.05) is 24.7 Å². The van der Waals surface area contributed by atoms with Gasteiger partial charge < -0.3 is 14.5 Å². The molecule has 2 heterocycles. The van der Waals surface area contributed by atoms with Crippen LogP contribution in [0, 0.1) is 0 Å². The lowest BCUT2D eigenvalue weighted by molar-refractivity contribution is 0.0341. The topological polar surface area (TPSA) is 92.9 Å². The maximum atomic E-state index is 12.2. The van der Waals surface area contributed by atoms with Gasteiger partial charge in [-0.1, -0.05) is 12.1 Å². The number of hydrazone groups is 1. The van der Waals surface area contributed by atoms with Crippen LogP contribution in [0.25, 0.3) is 16.7 Å². The maximum absolute atomic E-state index is 12.2. The van der Waals surface area contributed by atoms with Gasteiger partial charge in [0.2, 0.25) is 5.28 Å². The van der Waals surface area contributed by atoms with Crippen molar-refractivity contribution in [2.45, 2.75) is 33.3 Å². The first-order valence-corrected chi connectivity index (χ1v) is 9.49. The van der Waals surface area contributed by atoms with Crippen LogP contribution in [0.1, 0.15) is 33.3 Å². The third-order valence-corrected chi connectivity index (χ3v) is 4.10. The van der Waals surface area contributed by atoms with E-state index in [4.69, 9.17) is 20.8 Å². The van der Waals surface area contributed by atoms with Gasteiger partial charge in [-0.05, 0) is 62.6 Å². The molecular formula is C21H22ClN5O3. The van der Waals surface area contributed by atoms with Crippen molar-refractivity contribution >= 4 is 52.6 Å². The Hall–Kier alpha value is -3.39. The molecule has 0 fully saturated rings. The lowest BCUT2D eigenvalue weighted by Crippen LogP contribution is -2.30. The van der Waals surface area contributed by atoms with Gasteiger partial charge in [0.15, 0.2) is 11.4 Å². The van der Waals surface area contributed by atoms with Crippen LogP contribution in [-0.4, -0.2) is 33.4 Å². The van der Waals surface area contributed by atoms with Crippen molar-refractivity contribution in [2.24, 2.45) is 5.10 Å². The third-order valence-electron chi connectivity index (χ3n) is 3.93. The fourth-order valence-electron chi connectivity index (χ4n) is 2.59. The van der Waals surface area contributed by atoms with Crippen molar-refractivity contribution < 1.29 is 13.9 Å². The number of anilines is 2. The van der Waals surface area contributed by atoms with Crippen molar-refractivity contribution in [1.29, 1.82) is 0 Å². The van der Waals surface area contributed by atoms with E-state index in [2.05, 4.69) is 27.1 Å². The second kappa shape index (κ2) is 8.54. The Balaban J connectivity index is 1.77. The Labute approximate surface area is 179 Å². The number of ether oxygens (including phenoxy) is 1. The highest BCUT2D eigenvalue weighted by atomic mass is 35.5. The van der Waals surface area contributed by atoms with E-state index in [0.717, 1.165) is 21.8 Å². The summed E-state index contributed by atoms with van der Waals surface area (Å²) in [4.78, 5) is 20.5. The monoisotopic (exact) mass is 427 g/mol. The summed E-state index contributed by atoms with van der Waals surface area (Å²) in [6.45, 7) is 10.7. The van der Waals surface area contributed by atoms with Crippen molar-refractivity contribution in [3.05, 3.63) is 53.6 Å². The predicted octanol–water partition coefficient (Wildman–Crippen LogP) is 5.83. The van der Waals surface area contributed by atoms with E-state index in [1.165, 1.54) is 6.26 Å². The van der Waals surface area contributed by atoms with E-state index >= 15 is 0 Å². The van der Waals surface area contributed by atoms with Gasteiger partial charge in [-0.3, -0.25) is 0 Å². The molecule has 0 unspecified atom stereocenters. The highest BCUT2D eigenvalue weighted by Gasteiger charge is 2.20. The number of aromatic nitrogens is 2. The molecule has 3 rings (SSSR count). The predicted molar refractivity (Wildman–Crippen MR) is 118 cm³/mol. The Kier molecular flexibility index (Phi) is 6.07. The molecule has 0 saturated carbocycles. The highest BCUT2D eigenvalue weighted by molar-refractivity contribution is 6.28. The van der Waals surface area contributed by atoms with Gasteiger partial charge in [0.1, 0.15) is 11.1 Å². The third kappa shape index (κ3) is 5.15. The fraction of sp³-hybridized carbons (Fsp3) is 0.238. The molecule has 1 aromatic carbocycles. The number of allylic oxidation sites excluding steroid dienone is 1. The zero-order valence-electron chi connectivity index (χ0n) is 17.1. The number of rotatable bonds is 5. The van der Waals surface area contributed by atoms with Gasteiger partial charge in [0.05, 0.1) is 6.26 Å². The second-order valence-corrected chi connectivity index (χ2v) is 7.80. The number of benzene rings is 1. The van der Waals surface area contributed by atoms with Crippen LogP contribution in [0.2, 0.25) is 5.28 Å². The summed E-state index contributed by atoms with van der Waals surface area (Å²) >= 11 is 5.97. The number of furan rings is 1. The normalized spacial score (nSPS) is 12.0. The minimum atomic E-state index is -0.627. The average molecular weight is 428 g/mol. The number of nitrogens with one attached hydrogen (secondary N) is 1. The summed E-state index contributed by atoms with van der Waals surface area (Å²) < 4.78 is 10.7. The summed E-state index contributed by atoms with van der Waals surface area (Å²) in [5, 5.41) is 8.10. The number of amides is 1. The molecule has 1 amide bonds. The highest BCUT2D eigenvalue weighted by Crippen LogP contribution is 2.27. The molecule has 0 aliphatic heterocycles. The molecule has 0 saturated heterocycles. The molecular weight excluding hydrogens is 406 g/mol. The smallest absolute Gasteiger partial charge is 0.435 e. The first-order valence-electron chi connectivity index (χ1n) is 9.12. The average Bonchev–Trinajstić information content (AvgIpc) is 3.13. The van der Waals surface area contributed by atoms with Crippen LogP contribution in [0.4, 0.5) is 16.3 Å². The standard InChI is InChI=1S/C21H22ClN5O3/c1-13(12-27(23-5)20(28)30-21(2,3)4)14-6-8-15(9-7-14)24-18-17-16(10-11-29-17)25-19(22)26-18/h6-12H,5H2,1-4H3,(H,24,25,26)/b13-12+. The van der Waals surface area contributed by atoms with Crippen molar-refractivity contribution in [1.82, 2.24) is 15.0 Å². The minimum absolute atomic E-state index is 0.126. The molecule has 0 aliphatic rings. The van der Waals surface area contributed by atoms with E-state index in [1.807, 2.05) is 31.2 Å². The van der Waals surface area contributed by atoms with Crippen LogP contribution in [0.15, 0.2) is 52.3 Å². The molecule has 156 valence electrons. The van der Waals surface area contributed by atoms with Gasteiger partial charge in [0.25, 0.3) is 0 Å². The molecule has 0 bridgehead atoms. The first-order chi connectivity index (χ1) is 14.2. The Morgan fingerprint density at radius 3 is 2.60 bits per heavy atom. The number of hydrogen-bond acceptors (Lipinski definition) is 7. The number of hydrogen-bond donors (Lipinski definition) is 1. The van der Waals surface area contributed by atoms with Gasteiger partial charge >= 0.3 is 6.09 Å². The molecule has 0 atom stereocenters. The summed E-state index contributed by atoms with van der Waals surface area (Å²) in [5.74, 6) is 0.474. The summed E-state index contributed by atoms with van der Waals surface area (Å²) in [5.41, 5.74) is 2.99. The minimum Gasteiger partial charge on any atom is -0.459 e. The van der Waals surface area contributed by atoms with Crippen LogP contribution in [0.3, 0.4) is 0 Å². The van der Waals surface area contributed by atoms with E-state index in [9.17, 15) is 4.79 Å². The van der Waals surface area contributed by atoms with Crippen LogP contribution in [0.5, 0.6) is 0 Å². The quantitative estimate of drug-likeness (QED) is 0.312. The number of nitrogens with zero attached hydrogens (tertiary/aromatic N) is 4. The number of carbonyl (C=O) groups is 1. The van der Waals surface area contributed by atoms with Crippen LogP contribution < -0.4 is 5.32 Å². The molecule has 30 heavy (non-hydrogen) atoms. The van der Waals surface area contributed by atoms with Crippen molar-refractivity contribution in [3.8, 4) is 0 Å². The molecule has 1 N–H and O–H groups in total. The Bertz CT molecular complexity index is 1100. The van der Waals surface area contributed by atoms with Crippen LogP contribution in [-0.2, 0) is 4.74 Å². The molecule has 0 aliphatic carbocycles. The molecule has 8 nitrogen and oxygen atoms in total. The molecule has 2 aromatic heterocycles. The molecule has 0 spiro atoms. The largest absolute Gasteiger partial charge is 0.459 e. The van der Waals surface area contributed by atoms with Crippen LogP contribution >= 0.6 is 11.6 Å². The zero-order chi connectivity index (χ0) is 21.9. The van der Waals surface area contributed by atoms with Gasteiger partial charge in [-0.2, -0.15) is 15.1 Å².